The van der Waals surface area contributed by atoms with Crippen molar-refractivity contribution in [3.05, 3.63) is 0 Å². The summed E-state index contributed by atoms with van der Waals surface area (Å²) in [5.74, 6) is 0.656. The molecule has 1 saturated heterocycles. The first-order chi connectivity index (χ1) is 6.02. The lowest BCUT2D eigenvalue weighted by molar-refractivity contribution is -0.129. The number of rotatable bonds is 3. The van der Waals surface area contributed by atoms with Gasteiger partial charge in [0.2, 0.25) is 5.91 Å². The van der Waals surface area contributed by atoms with E-state index in [1.165, 1.54) is 0 Å². The Hall–Kier alpha value is -0.420. The molecule has 1 amide bonds. The van der Waals surface area contributed by atoms with Gasteiger partial charge in [0.25, 0.3) is 0 Å². The first kappa shape index (κ1) is 10.7. The van der Waals surface area contributed by atoms with Crippen LogP contribution in [-0.2, 0) is 15.6 Å². The van der Waals surface area contributed by atoms with E-state index in [1.54, 1.807) is 11.2 Å². The molecular weight excluding hydrogens is 188 g/mol. The van der Waals surface area contributed by atoms with Crippen LogP contribution in [0.2, 0.25) is 0 Å². The van der Waals surface area contributed by atoms with Gasteiger partial charge < -0.3 is 4.90 Å². The third kappa shape index (κ3) is 2.51. The van der Waals surface area contributed by atoms with Crippen LogP contribution in [0.25, 0.3) is 0 Å². The molecule has 1 heterocycles. The molecule has 0 aliphatic carbocycles. The number of carbonyl (C=O) groups excluding carboxylic acids is 1. The van der Waals surface area contributed by atoms with E-state index in [2.05, 4.69) is 5.32 Å². The van der Waals surface area contributed by atoms with Gasteiger partial charge in [-0.15, -0.1) is 0 Å². The molecule has 1 N–H and O–H groups in total. The Balaban J connectivity index is 2.58. The summed E-state index contributed by atoms with van der Waals surface area (Å²) in [5.41, 5.74) is 0. The number of hydrogen-bond donors (Lipinski definition) is 1. The van der Waals surface area contributed by atoms with E-state index in [0.717, 1.165) is 0 Å². The minimum Gasteiger partial charge on any atom is -0.323 e. The third-order valence-electron chi connectivity index (χ3n) is 2.20. The molecule has 0 aromatic carbocycles. The zero-order valence-corrected chi connectivity index (χ0v) is 9.06. The van der Waals surface area contributed by atoms with E-state index in [4.69, 9.17) is 0 Å². The van der Waals surface area contributed by atoms with Gasteiger partial charge in [-0.25, -0.2) is 0 Å². The lowest BCUT2D eigenvalue weighted by Gasteiger charge is -2.27. The maximum absolute atomic E-state index is 11.4. The molecule has 1 rings (SSSR count). The Kier molecular flexibility index (Phi) is 3.44. The highest BCUT2D eigenvalue weighted by Crippen LogP contribution is 2.10. The molecule has 3 atom stereocenters. The smallest absolute Gasteiger partial charge is 0.238 e. The van der Waals surface area contributed by atoms with E-state index in [1.807, 2.05) is 13.8 Å². The van der Waals surface area contributed by atoms with Crippen molar-refractivity contribution in [1.82, 2.24) is 10.2 Å². The highest BCUT2D eigenvalue weighted by molar-refractivity contribution is 7.84. The molecule has 76 valence electrons. The van der Waals surface area contributed by atoms with Crippen LogP contribution in [-0.4, -0.2) is 45.8 Å². The molecule has 0 radical (unpaired) electrons. The predicted octanol–water partition coefficient (Wildman–Crippen LogP) is -0.469. The van der Waals surface area contributed by atoms with Crippen LogP contribution in [0.3, 0.4) is 0 Å². The van der Waals surface area contributed by atoms with Gasteiger partial charge in [0.1, 0.15) is 0 Å². The fourth-order valence-corrected chi connectivity index (χ4v) is 2.53. The maximum Gasteiger partial charge on any atom is 0.238 e. The van der Waals surface area contributed by atoms with E-state index in [-0.39, 0.29) is 18.1 Å². The van der Waals surface area contributed by atoms with E-state index < -0.39 is 10.8 Å². The first-order valence-corrected chi connectivity index (χ1v) is 6.09. The fourth-order valence-electron chi connectivity index (χ4n) is 1.69. The van der Waals surface area contributed by atoms with Crippen LogP contribution < -0.4 is 5.32 Å². The van der Waals surface area contributed by atoms with Crippen molar-refractivity contribution < 1.29 is 9.00 Å². The molecule has 0 spiro atoms. The van der Waals surface area contributed by atoms with Crippen molar-refractivity contribution in [1.29, 1.82) is 0 Å². The van der Waals surface area contributed by atoms with Gasteiger partial charge in [-0.3, -0.25) is 14.3 Å². The predicted molar refractivity (Wildman–Crippen MR) is 52.7 cm³/mol. The van der Waals surface area contributed by atoms with Crippen molar-refractivity contribution in [2.45, 2.75) is 26.1 Å². The number of carbonyl (C=O) groups is 1. The SMILES string of the molecule is CC(CS(C)=O)N1C(=O)CNC1C. The Labute approximate surface area is 81.1 Å². The standard InChI is InChI=1S/C8H16N2O2S/c1-6(5-13(3)12)10-7(2)9-4-8(10)11/h6-7,9H,4-5H2,1-3H3. The topological polar surface area (TPSA) is 49.4 Å². The highest BCUT2D eigenvalue weighted by Gasteiger charge is 2.30. The lowest BCUT2D eigenvalue weighted by Crippen LogP contribution is -2.43. The van der Waals surface area contributed by atoms with Crippen LogP contribution >= 0.6 is 0 Å². The summed E-state index contributed by atoms with van der Waals surface area (Å²) < 4.78 is 11.0. The van der Waals surface area contributed by atoms with Gasteiger partial charge in [-0.1, -0.05) is 0 Å². The molecule has 1 aliphatic rings. The quantitative estimate of drug-likeness (QED) is 0.676. The third-order valence-corrected chi connectivity index (χ3v) is 3.16. The molecule has 4 nitrogen and oxygen atoms in total. The first-order valence-electron chi connectivity index (χ1n) is 4.37. The molecule has 13 heavy (non-hydrogen) atoms. The Morgan fingerprint density at radius 2 is 2.38 bits per heavy atom. The van der Waals surface area contributed by atoms with E-state index >= 15 is 0 Å². The monoisotopic (exact) mass is 204 g/mol. The van der Waals surface area contributed by atoms with Crippen molar-refractivity contribution in [3.8, 4) is 0 Å². The van der Waals surface area contributed by atoms with Gasteiger partial charge in [-0.05, 0) is 13.8 Å². The van der Waals surface area contributed by atoms with Crippen molar-refractivity contribution in [2.24, 2.45) is 0 Å². The number of nitrogens with zero attached hydrogens (tertiary/aromatic N) is 1. The van der Waals surface area contributed by atoms with Crippen LogP contribution in [0.4, 0.5) is 0 Å². The minimum atomic E-state index is -0.843. The summed E-state index contributed by atoms with van der Waals surface area (Å²) in [7, 11) is -0.843. The molecule has 0 saturated carbocycles. The second-order valence-corrected chi connectivity index (χ2v) is 4.93. The molecule has 0 aromatic rings. The molecule has 0 bridgehead atoms. The number of amides is 1. The van der Waals surface area contributed by atoms with Crippen molar-refractivity contribution >= 4 is 16.7 Å². The summed E-state index contributed by atoms with van der Waals surface area (Å²) in [6, 6.07) is 0.0586. The average molecular weight is 204 g/mol. The van der Waals surface area contributed by atoms with Crippen LogP contribution in [0, 0.1) is 0 Å². The van der Waals surface area contributed by atoms with Gasteiger partial charge in [0.05, 0.1) is 12.7 Å². The molecule has 0 aromatic heterocycles. The largest absolute Gasteiger partial charge is 0.323 e. The summed E-state index contributed by atoms with van der Waals surface area (Å²) in [6.45, 7) is 4.28. The summed E-state index contributed by atoms with van der Waals surface area (Å²) in [6.07, 6.45) is 1.74. The molecular formula is C8H16N2O2S. The second kappa shape index (κ2) is 4.19. The van der Waals surface area contributed by atoms with Gasteiger partial charge in [0.15, 0.2) is 0 Å². The number of hydrogen-bond acceptors (Lipinski definition) is 3. The zero-order valence-electron chi connectivity index (χ0n) is 8.24. The molecule has 5 heteroatoms. The lowest BCUT2D eigenvalue weighted by atomic mass is 10.3. The minimum absolute atomic E-state index is 0.0586. The fraction of sp³-hybridized carbons (Fsp3) is 0.875. The van der Waals surface area contributed by atoms with Crippen molar-refractivity contribution in [3.63, 3.8) is 0 Å². The van der Waals surface area contributed by atoms with Gasteiger partial charge in [0, 0.05) is 28.9 Å². The Morgan fingerprint density at radius 1 is 1.77 bits per heavy atom. The van der Waals surface area contributed by atoms with Gasteiger partial charge >= 0.3 is 0 Å². The zero-order chi connectivity index (χ0) is 10.0. The van der Waals surface area contributed by atoms with Crippen LogP contribution in [0.1, 0.15) is 13.8 Å². The normalized spacial score (nSPS) is 27.8. The van der Waals surface area contributed by atoms with Crippen LogP contribution in [0.15, 0.2) is 0 Å². The molecule has 1 aliphatic heterocycles. The Morgan fingerprint density at radius 3 is 2.77 bits per heavy atom. The molecule has 1 fully saturated rings. The summed E-state index contributed by atoms with van der Waals surface area (Å²) in [4.78, 5) is 13.1. The van der Waals surface area contributed by atoms with Gasteiger partial charge in [-0.2, -0.15) is 0 Å². The van der Waals surface area contributed by atoms with E-state index in [9.17, 15) is 9.00 Å². The number of nitrogens with one attached hydrogen (secondary N) is 1. The van der Waals surface area contributed by atoms with Crippen LogP contribution in [0.5, 0.6) is 0 Å². The van der Waals surface area contributed by atoms with E-state index in [0.29, 0.717) is 12.3 Å². The highest BCUT2D eigenvalue weighted by atomic mass is 32.2. The van der Waals surface area contributed by atoms with Crippen molar-refractivity contribution in [2.75, 3.05) is 18.6 Å². The Bertz CT molecular complexity index is 232. The molecule has 3 unspecified atom stereocenters. The average Bonchev–Trinajstić information content (AvgIpc) is 2.29. The second-order valence-electron chi connectivity index (χ2n) is 3.45. The maximum atomic E-state index is 11.4. The summed E-state index contributed by atoms with van der Waals surface area (Å²) >= 11 is 0. The summed E-state index contributed by atoms with van der Waals surface area (Å²) in [5, 5.41) is 3.05.